The third kappa shape index (κ3) is 4.07. The molecule has 0 aliphatic rings. The van der Waals surface area contributed by atoms with E-state index < -0.39 is 0 Å². The zero-order chi connectivity index (χ0) is 13.7. The first-order chi connectivity index (χ1) is 9.15. The van der Waals surface area contributed by atoms with Gasteiger partial charge in [-0.05, 0) is 17.7 Å². The van der Waals surface area contributed by atoms with Crippen molar-refractivity contribution in [2.75, 3.05) is 0 Å². The molecule has 0 saturated carbocycles. The highest BCUT2D eigenvalue weighted by atomic mass is 35.5. The summed E-state index contributed by atoms with van der Waals surface area (Å²) in [5, 5.41) is 3.59. The van der Waals surface area contributed by atoms with Crippen LogP contribution < -0.4 is 9.88 Å². The number of carbonyl (C=O) groups is 1. The SMILES string of the molecule is Cc1cccc[n+]1CC(=O)NCc1ccc(Cl)cc1. The van der Waals surface area contributed by atoms with E-state index in [9.17, 15) is 4.79 Å². The van der Waals surface area contributed by atoms with Crippen molar-refractivity contribution in [1.29, 1.82) is 0 Å². The number of amides is 1. The first-order valence-electron chi connectivity index (χ1n) is 6.11. The number of hydrogen-bond acceptors (Lipinski definition) is 1. The van der Waals surface area contributed by atoms with Crippen LogP contribution in [0.3, 0.4) is 0 Å². The Morgan fingerprint density at radius 2 is 1.95 bits per heavy atom. The Morgan fingerprint density at radius 1 is 1.21 bits per heavy atom. The highest BCUT2D eigenvalue weighted by Gasteiger charge is 2.10. The number of nitrogens with zero attached hydrogens (tertiary/aromatic N) is 1. The van der Waals surface area contributed by atoms with Gasteiger partial charge in [0, 0.05) is 30.6 Å². The molecule has 2 aromatic rings. The maximum Gasteiger partial charge on any atom is 0.286 e. The summed E-state index contributed by atoms with van der Waals surface area (Å²) >= 11 is 5.81. The summed E-state index contributed by atoms with van der Waals surface area (Å²) in [5.41, 5.74) is 2.09. The van der Waals surface area contributed by atoms with E-state index in [1.54, 1.807) is 0 Å². The molecule has 1 amide bonds. The van der Waals surface area contributed by atoms with E-state index in [1.165, 1.54) is 0 Å². The maximum absolute atomic E-state index is 11.8. The molecule has 2 rings (SSSR count). The van der Waals surface area contributed by atoms with Crippen LogP contribution >= 0.6 is 11.6 Å². The lowest BCUT2D eigenvalue weighted by Gasteiger charge is -2.04. The third-order valence-electron chi connectivity index (χ3n) is 2.88. The molecule has 4 heteroatoms. The number of halogens is 1. The molecule has 1 heterocycles. The molecule has 0 aliphatic heterocycles. The van der Waals surface area contributed by atoms with Gasteiger partial charge in [-0.25, -0.2) is 0 Å². The van der Waals surface area contributed by atoms with Crippen LogP contribution in [0, 0.1) is 6.92 Å². The topological polar surface area (TPSA) is 33.0 Å². The van der Waals surface area contributed by atoms with Gasteiger partial charge in [-0.2, -0.15) is 4.57 Å². The Hall–Kier alpha value is -1.87. The first kappa shape index (κ1) is 13.6. The average molecular weight is 276 g/mol. The summed E-state index contributed by atoms with van der Waals surface area (Å²) in [7, 11) is 0. The van der Waals surface area contributed by atoms with E-state index >= 15 is 0 Å². The van der Waals surface area contributed by atoms with E-state index in [-0.39, 0.29) is 5.91 Å². The predicted octanol–water partition coefficient (Wildman–Crippen LogP) is 2.25. The standard InChI is InChI=1S/C15H15ClN2O/c1-12-4-2-3-9-18(12)11-15(19)17-10-13-5-7-14(16)8-6-13/h2-9H,10-11H2,1H3/p+1. The number of nitrogens with one attached hydrogen (secondary N) is 1. The fraction of sp³-hybridized carbons (Fsp3) is 0.200. The molecule has 0 atom stereocenters. The number of rotatable bonds is 4. The van der Waals surface area contributed by atoms with Crippen LogP contribution in [0.25, 0.3) is 0 Å². The molecule has 0 bridgehead atoms. The van der Waals surface area contributed by atoms with Crippen molar-refractivity contribution < 1.29 is 9.36 Å². The quantitative estimate of drug-likeness (QED) is 0.853. The molecule has 98 valence electrons. The number of hydrogen-bond donors (Lipinski definition) is 1. The van der Waals surface area contributed by atoms with Crippen LogP contribution in [0.5, 0.6) is 0 Å². The molecule has 1 aromatic heterocycles. The van der Waals surface area contributed by atoms with Crippen LogP contribution in [0.15, 0.2) is 48.7 Å². The van der Waals surface area contributed by atoms with Crippen molar-refractivity contribution >= 4 is 17.5 Å². The zero-order valence-corrected chi connectivity index (χ0v) is 11.5. The molecule has 1 N–H and O–H groups in total. The van der Waals surface area contributed by atoms with E-state index in [1.807, 2.05) is 60.2 Å². The lowest BCUT2D eigenvalue weighted by molar-refractivity contribution is -0.690. The fourth-order valence-corrected chi connectivity index (χ4v) is 1.88. The zero-order valence-electron chi connectivity index (χ0n) is 10.8. The molecule has 0 radical (unpaired) electrons. The van der Waals surface area contributed by atoms with Gasteiger partial charge in [-0.15, -0.1) is 0 Å². The second-order valence-electron chi connectivity index (χ2n) is 4.37. The van der Waals surface area contributed by atoms with E-state index in [0.717, 1.165) is 11.3 Å². The van der Waals surface area contributed by atoms with Gasteiger partial charge in [0.05, 0.1) is 0 Å². The highest BCUT2D eigenvalue weighted by Crippen LogP contribution is 2.08. The minimum Gasteiger partial charge on any atom is -0.347 e. The van der Waals surface area contributed by atoms with Crippen LogP contribution in [0.1, 0.15) is 11.3 Å². The van der Waals surface area contributed by atoms with Gasteiger partial charge in [-0.1, -0.05) is 29.8 Å². The molecule has 1 aromatic carbocycles. The van der Waals surface area contributed by atoms with Gasteiger partial charge in [0.2, 0.25) is 6.54 Å². The Bertz CT molecular complexity index is 567. The number of benzene rings is 1. The third-order valence-corrected chi connectivity index (χ3v) is 3.14. The van der Waals surface area contributed by atoms with Gasteiger partial charge < -0.3 is 5.32 Å². The smallest absolute Gasteiger partial charge is 0.286 e. The molecule has 19 heavy (non-hydrogen) atoms. The highest BCUT2D eigenvalue weighted by molar-refractivity contribution is 6.30. The second-order valence-corrected chi connectivity index (χ2v) is 4.81. The van der Waals surface area contributed by atoms with Crippen molar-refractivity contribution in [3.8, 4) is 0 Å². The summed E-state index contributed by atoms with van der Waals surface area (Å²) in [6.07, 6.45) is 1.90. The fourth-order valence-electron chi connectivity index (χ4n) is 1.75. The molecule has 0 spiro atoms. The lowest BCUT2D eigenvalue weighted by atomic mass is 10.2. The van der Waals surface area contributed by atoms with Crippen LogP contribution in [-0.2, 0) is 17.9 Å². The summed E-state index contributed by atoms with van der Waals surface area (Å²) in [4.78, 5) is 11.8. The van der Waals surface area contributed by atoms with Crippen molar-refractivity contribution in [3.05, 3.63) is 64.9 Å². The van der Waals surface area contributed by atoms with Crippen molar-refractivity contribution in [1.82, 2.24) is 5.32 Å². The van der Waals surface area contributed by atoms with Gasteiger partial charge >= 0.3 is 0 Å². The number of aryl methyl sites for hydroxylation is 1. The van der Waals surface area contributed by atoms with Crippen molar-refractivity contribution in [2.24, 2.45) is 0 Å². The van der Waals surface area contributed by atoms with Gasteiger partial charge in [0.15, 0.2) is 11.9 Å². The number of aromatic nitrogens is 1. The first-order valence-corrected chi connectivity index (χ1v) is 6.49. The predicted molar refractivity (Wildman–Crippen MR) is 74.7 cm³/mol. The maximum atomic E-state index is 11.8. The van der Waals surface area contributed by atoms with Crippen LogP contribution in [0.2, 0.25) is 5.02 Å². The minimum atomic E-state index is -0.00532. The molecular formula is C15H16ClN2O+. The summed E-state index contributed by atoms with van der Waals surface area (Å²) in [6, 6.07) is 13.3. The molecule has 3 nitrogen and oxygen atoms in total. The second kappa shape index (κ2) is 6.34. The summed E-state index contributed by atoms with van der Waals surface area (Å²) in [5.74, 6) is -0.00532. The van der Waals surface area contributed by atoms with Crippen molar-refractivity contribution in [3.63, 3.8) is 0 Å². The van der Waals surface area contributed by atoms with Gasteiger partial charge in [0.25, 0.3) is 5.91 Å². The van der Waals surface area contributed by atoms with Gasteiger partial charge in [-0.3, -0.25) is 4.79 Å². The lowest BCUT2D eigenvalue weighted by Crippen LogP contribution is -2.44. The molecule has 0 unspecified atom stereocenters. The van der Waals surface area contributed by atoms with E-state index in [0.29, 0.717) is 18.1 Å². The Kier molecular flexibility index (Phi) is 4.53. The molecule has 0 saturated heterocycles. The normalized spacial score (nSPS) is 10.2. The van der Waals surface area contributed by atoms with E-state index in [2.05, 4.69) is 5.32 Å². The summed E-state index contributed by atoms with van der Waals surface area (Å²) < 4.78 is 1.91. The van der Waals surface area contributed by atoms with Crippen molar-refractivity contribution in [2.45, 2.75) is 20.0 Å². The van der Waals surface area contributed by atoms with E-state index in [4.69, 9.17) is 11.6 Å². The van der Waals surface area contributed by atoms with Crippen LogP contribution in [0.4, 0.5) is 0 Å². The monoisotopic (exact) mass is 275 g/mol. The Balaban J connectivity index is 1.88. The summed E-state index contributed by atoms with van der Waals surface area (Å²) in [6.45, 7) is 2.83. The Morgan fingerprint density at radius 3 is 2.63 bits per heavy atom. The largest absolute Gasteiger partial charge is 0.347 e. The average Bonchev–Trinajstić information content (AvgIpc) is 2.41. The minimum absolute atomic E-state index is 0.00532. The number of pyridine rings is 1. The molecular weight excluding hydrogens is 260 g/mol. The molecule has 0 fully saturated rings. The molecule has 0 aliphatic carbocycles. The Labute approximate surface area is 117 Å². The van der Waals surface area contributed by atoms with Crippen LogP contribution in [-0.4, -0.2) is 5.91 Å². The number of carbonyl (C=O) groups excluding carboxylic acids is 1. The van der Waals surface area contributed by atoms with Gasteiger partial charge in [0.1, 0.15) is 0 Å².